The van der Waals surface area contributed by atoms with E-state index in [9.17, 15) is 9.59 Å². The number of fused-ring (bicyclic) bond motifs is 1. The molecule has 0 radical (unpaired) electrons. The molecule has 0 spiro atoms. The molecule has 2 amide bonds. The van der Waals surface area contributed by atoms with E-state index < -0.39 is 0 Å². The van der Waals surface area contributed by atoms with Gasteiger partial charge in [0.2, 0.25) is 5.91 Å². The zero-order valence-electron chi connectivity index (χ0n) is 15.6. The molecule has 146 valence electrons. The Hall–Kier alpha value is -3.62. The third kappa shape index (κ3) is 4.37. The lowest BCUT2D eigenvalue weighted by atomic mass is 10.2. The Bertz CT molecular complexity index is 985. The van der Waals surface area contributed by atoms with Crippen LogP contribution in [0.5, 0.6) is 11.5 Å². The minimum Gasteiger partial charge on any atom is -0.493 e. The standard InChI is InChI=1S/C19H21N5O4/c1-27-14-7-6-13(11-15(14)28-2)19(26)21-12-18(25)20-9-8-17-23-22-16-5-3-4-10-24(16)17/h3-7,10-11H,8-9,12H2,1-2H3,(H,20,25)(H,21,26). The van der Waals surface area contributed by atoms with E-state index in [1.54, 1.807) is 18.2 Å². The molecule has 9 nitrogen and oxygen atoms in total. The molecule has 0 unspecified atom stereocenters. The van der Waals surface area contributed by atoms with Gasteiger partial charge >= 0.3 is 0 Å². The number of aromatic nitrogens is 3. The van der Waals surface area contributed by atoms with E-state index in [1.165, 1.54) is 14.2 Å². The number of nitrogens with zero attached hydrogens (tertiary/aromatic N) is 3. The Morgan fingerprint density at radius 1 is 1.04 bits per heavy atom. The summed E-state index contributed by atoms with van der Waals surface area (Å²) in [5, 5.41) is 13.5. The van der Waals surface area contributed by atoms with Crippen molar-refractivity contribution in [1.82, 2.24) is 25.2 Å². The summed E-state index contributed by atoms with van der Waals surface area (Å²) in [7, 11) is 3.01. The highest BCUT2D eigenvalue weighted by Crippen LogP contribution is 2.27. The van der Waals surface area contributed by atoms with Crippen molar-refractivity contribution >= 4 is 17.5 Å². The molecule has 0 fully saturated rings. The highest BCUT2D eigenvalue weighted by molar-refractivity contribution is 5.97. The van der Waals surface area contributed by atoms with Crippen molar-refractivity contribution in [3.63, 3.8) is 0 Å². The number of carbonyl (C=O) groups excluding carboxylic acids is 2. The smallest absolute Gasteiger partial charge is 0.251 e. The molecule has 0 aliphatic rings. The Balaban J connectivity index is 1.47. The highest BCUT2D eigenvalue weighted by Gasteiger charge is 2.12. The highest BCUT2D eigenvalue weighted by atomic mass is 16.5. The van der Waals surface area contributed by atoms with E-state index >= 15 is 0 Å². The molecule has 0 saturated carbocycles. The quantitative estimate of drug-likeness (QED) is 0.597. The number of nitrogens with one attached hydrogen (secondary N) is 2. The summed E-state index contributed by atoms with van der Waals surface area (Å²) < 4.78 is 12.2. The van der Waals surface area contributed by atoms with Crippen molar-refractivity contribution in [3.05, 3.63) is 54.0 Å². The van der Waals surface area contributed by atoms with Gasteiger partial charge in [0, 0.05) is 24.7 Å². The largest absolute Gasteiger partial charge is 0.493 e. The number of hydrogen-bond donors (Lipinski definition) is 2. The number of methoxy groups -OCH3 is 2. The van der Waals surface area contributed by atoms with Gasteiger partial charge in [0.1, 0.15) is 5.82 Å². The minimum absolute atomic E-state index is 0.131. The van der Waals surface area contributed by atoms with Crippen LogP contribution >= 0.6 is 0 Å². The van der Waals surface area contributed by atoms with Gasteiger partial charge in [-0.05, 0) is 30.3 Å². The van der Waals surface area contributed by atoms with Crippen LogP contribution in [-0.2, 0) is 11.2 Å². The number of hydrogen-bond acceptors (Lipinski definition) is 6. The van der Waals surface area contributed by atoms with Gasteiger partial charge in [0.05, 0.1) is 20.8 Å². The molecule has 1 aromatic carbocycles. The first kappa shape index (κ1) is 19.2. The van der Waals surface area contributed by atoms with Crippen molar-refractivity contribution in [2.24, 2.45) is 0 Å². The van der Waals surface area contributed by atoms with Gasteiger partial charge in [-0.3, -0.25) is 14.0 Å². The lowest BCUT2D eigenvalue weighted by Gasteiger charge is -2.10. The van der Waals surface area contributed by atoms with Crippen LogP contribution in [-0.4, -0.2) is 53.7 Å². The molecule has 0 saturated heterocycles. The van der Waals surface area contributed by atoms with Crippen LogP contribution in [0, 0.1) is 0 Å². The second kappa shape index (κ2) is 8.85. The van der Waals surface area contributed by atoms with Crippen LogP contribution in [0.2, 0.25) is 0 Å². The molecule has 3 rings (SSSR count). The molecule has 0 aliphatic carbocycles. The maximum absolute atomic E-state index is 12.2. The summed E-state index contributed by atoms with van der Waals surface area (Å²) in [5.41, 5.74) is 1.13. The van der Waals surface area contributed by atoms with Gasteiger partial charge in [0.25, 0.3) is 5.91 Å². The van der Waals surface area contributed by atoms with E-state index in [2.05, 4.69) is 20.8 Å². The zero-order valence-corrected chi connectivity index (χ0v) is 15.6. The summed E-state index contributed by atoms with van der Waals surface area (Å²) in [6, 6.07) is 10.4. The number of pyridine rings is 1. The topological polar surface area (TPSA) is 107 Å². The Morgan fingerprint density at radius 2 is 1.86 bits per heavy atom. The first-order valence-electron chi connectivity index (χ1n) is 8.68. The molecule has 2 heterocycles. The summed E-state index contributed by atoms with van der Waals surface area (Å²) >= 11 is 0. The maximum atomic E-state index is 12.2. The molecule has 0 aliphatic heterocycles. The lowest BCUT2D eigenvalue weighted by molar-refractivity contribution is -0.120. The molecular weight excluding hydrogens is 362 g/mol. The van der Waals surface area contributed by atoms with Crippen molar-refractivity contribution in [1.29, 1.82) is 0 Å². The molecule has 3 aromatic rings. The molecule has 2 N–H and O–H groups in total. The third-order valence-electron chi connectivity index (χ3n) is 4.11. The van der Waals surface area contributed by atoms with Crippen LogP contribution in [0.3, 0.4) is 0 Å². The predicted octanol–water partition coefficient (Wildman–Crippen LogP) is 0.835. The predicted molar refractivity (Wildman–Crippen MR) is 102 cm³/mol. The molecule has 0 bridgehead atoms. The van der Waals surface area contributed by atoms with E-state index in [0.717, 1.165) is 11.5 Å². The number of rotatable bonds is 8. The summed E-state index contributed by atoms with van der Waals surface area (Å²) in [6.07, 6.45) is 2.40. The zero-order chi connectivity index (χ0) is 19.9. The fourth-order valence-corrected chi connectivity index (χ4v) is 2.68. The van der Waals surface area contributed by atoms with Crippen molar-refractivity contribution in [2.45, 2.75) is 6.42 Å². The van der Waals surface area contributed by atoms with Gasteiger partial charge in [-0.2, -0.15) is 0 Å². The summed E-state index contributed by atoms with van der Waals surface area (Å²) in [6.45, 7) is 0.258. The van der Waals surface area contributed by atoms with Crippen molar-refractivity contribution in [2.75, 3.05) is 27.3 Å². The van der Waals surface area contributed by atoms with Crippen LogP contribution in [0.1, 0.15) is 16.2 Å². The molecule has 2 aromatic heterocycles. The van der Waals surface area contributed by atoms with Crippen molar-refractivity contribution < 1.29 is 19.1 Å². The van der Waals surface area contributed by atoms with Crippen LogP contribution < -0.4 is 20.1 Å². The van der Waals surface area contributed by atoms with Crippen LogP contribution in [0.25, 0.3) is 5.65 Å². The number of ether oxygens (including phenoxy) is 2. The van der Waals surface area contributed by atoms with Crippen molar-refractivity contribution in [3.8, 4) is 11.5 Å². The molecule has 9 heteroatoms. The molecular formula is C19H21N5O4. The minimum atomic E-state index is -0.375. The lowest BCUT2D eigenvalue weighted by Crippen LogP contribution is -2.37. The Kier molecular flexibility index (Phi) is 6.05. The van der Waals surface area contributed by atoms with Gasteiger partial charge in [0.15, 0.2) is 17.1 Å². The van der Waals surface area contributed by atoms with Crippen LogP contribution in [0.15, 0.2) is 42.6 Å². The van der Waals surface area contributed by atoms with Gasteiger partial charge < -0.3 is 20.1 Å². The maximum Gasteiger partial charge on any atom is 0.251 e. The van der Waals surface area contributed by atoms with E-state index in [0.29, 0.717) is 30.0 Å². The van der Waals surface area contributed by atoms with E-state index in [4.69, 9.17) is 9.47 Å². The average Bonchev–Trinajstić information content (AvgIpc) is 3.14. The number of carbonyl (C=O) groups is 2. The summed E-state index contributed by atoms with van der Waals surface area (Å²) in [4.78, 5) is 24.2. The Labute approximate surface area is 161 Å². The molecule has 28 heavy (non-hydrogen) atoms. The first-order chi connectivity index (χ1) is 13.6. The van der Waals surface area contributed by atoms with Gasteiger partial charge in [-0.15, -0.1) is 10.2 Å². The van der Waals surface area contributed by atoms with E-state index in [1.807, 2.05) is 28.8 Å². The first-order valence-corrected chi connectivity index (χ1v) is 8.68. The van der Waals surface area contributed by atoms with Crippen LogP contribution in [0.4, 0.5) is 0 Å². The monoisotopic (exact) mass is 383 g/mol. The van der Waals surface area contributed by atoms with Gasteiger partial charge in [-0.25, -0.2) is 0 Å². The third-order valence-corrected chi connectivity index (χ3v) is 4.11. The SMILES string of the molecule is COc1ccc(C(=O)NCC(=O)NCCc2nnc3ccccn23)cc1OC. The molecule has 0 atom stereocenters. The fourth-order valence-electron chi connectivity index (χ4n) is 2.68. The van der Waals surface area contributed by atoms with Gasteiger partial charge in [-0.1, -0.05) is 6.07 Å². The second-order valence-electron chi connectivity index (χ2n) is 5.90. The normalized spacial score (nSPS) is 10.5. The fraction of sp³-hybridized carbons (Fsp3) is 0.263. The Morgan fingerprint density at radius 3 is 2.64 bits per heavy atom. The second-order valence-corrected chi connectivity index (χ2v) is 5.90. The average molecular weight is 383 g/mol. The number of benzene rings is 1. The van der Waals surface area contributed by atoms with E-state index in [-0.39, 0.29) is 18.4 Å². The number of amides is 2. The summed E-state index contributed by atoms with van der Waals surface area (Å²) in [5.74, 6) is 1.06.